The first-order valence-corrected chi connectivity index (χ1v) is 6.22. The van der Waals surface area contributed by atoms with E-state index in [-0.39, 0.29) is 24.9 Å². The number of likely N-dealkylation sites (N-methyl/N-ethyl adjacent to an activating group) is 1. The fraction of sp³-hybridized carbons (Fsp3) is 0.357. The summed E-state index contributed by atoms with van der Waals surface area (Å²) >= 11 is 0. The van der Waals surface area contributed by atoms with Gasteiger partial charge in [0.05, 0.1) is 12.5 Å². The van der Waals surface area contributed by atoms with Crippen molar-refractivity contribution in [3.8, 4) is 0 Å². The predicted octanol–water partition coefficient (Wildman–Crippen LogP) is 0.595. The molecule has 1 aromatic carbocycles. The summed E-state index contributed by atoms with van der Waals surface area (Å²) in [6, 6.07) is 8.56. The van der Waals surface area contributed by atoms with Crippen molar-refractivity contribution < 1.29 is 19.5 Å². The van der Waals surface area contributed by atoms with Crippen LogP contribution in [0.1, 0.15) is 17.3 Å². The first-order chi connectivity index (χ1) is 9.41. The summed E-state index contributed by atoms with van der Waals surface area (Å²) in [5.74, 6) is -2.27. The Morgan fingerprint density at radius 3 is 2.40 bits per heavy atom. The lowest BCUT2D eigenvalue weighted by molar-refractivity contribution is -0.142. The van der Waals surface area contributed by atoms with E-state index < -0.39 is 11.9 Å². The molecular formula is C14H18N2O4. The molecule has 1 unspecified atom stereocenters. The number of carboxylic acids is 1. The molecule has 2 N–H and O–H groups in total. The third kappa shape index (κ3) is 4.72. The highest BCUT2D eigenvalue weighted by Gasteiger charge is 2.17. The third-order valence-corrected chi connectivity index (χ3v) is 2.83. The quantitative estimate of drug-likeness (QED) is 0.797. The Hall–Kier alpha value is -2.37. The second-order valence-corrected chi connectivity index (χ2v) is 4.56. The van der Waals surface area contributed by atoms with Crippen molar-refractivity contribution in [1.82, 2.24) is 10.2 Å². The van der Waals surface area contributed by atoms with Gasteiger partial charge in [0.1, 0.15) is 0 Å². The van der Waals surface area contributed by atoms with Crippen molar-refractivity contribution in [3.63, 3.8) is 0 Å². The van der Waals surface area contributed by atoms with Crippen molar-refractivity contribution >= 4 is 17.8 Å². The van der Waals surface area contributed by atoms with Crippen LogP contribution in [-0.2, 0) is 9.59 Å². The van der Waals surface area contributed by atoms with E-state index in [1.165, 1.54) is 18.9 Å². The molecule has 0 saturated heterocycles. The summed E-state index contributed by atoms with van der Waals surface area (Å²) in [5, 5.41) is 11.3. The molecule has 0 heterocycles. The van der Waals surface area contributed by atoms with Gasteiger partial charge in [0, 0.05) is 19.2 Å². The first kappa shape index (κ1) is 15.7. The monoisotopic (exact) mass is 278 g/mol. The zero-order valence-electron chi connectivity index (χ0n) is 11.5. The Balaban J connectivity index is 2.43. The summed E-state index contributed by atoms with van der Waals surface area (Å²) in [5.41, 5.74) is 0.474. The van der Waals surface area contributed by atoms with Crippen molar-refractivity contribution in [2.75, 3.05) is 20.1 Å². The maximum atomic E-state index is 11.8. The van der Waals surface area contributed by atoms with Gasteiger partial charge in [-0.2, -0.15) is 0 Å². The second kappa shape index (κ2) is 7.28. The predicted molar refractivity (Wildman–Crippen MR) is 73.2 cm³/mol. The van der Waals surface area contributed by atoms with E-state index in [9.17, 15) is 14.4 Å². The van der Waals surface area contributed by atoms with Gasteiger partial charge in [0.2, 0.25) is 5.91 Å². The third-order valence-electron chi connectivity index (χ3n) is 2.83. The van der Waals surface area contributed by atoms with Gasteiger partial charge in [-0.3, -0.25) is 14.4 Å². The van der Waals surface area contributed by atoms with Crippen LogP contribution in [0.2, 0.25) is 0 Å². The van der Waals surface area contributed by atoms with Crippen LogP contribution in [0.5, 0.6) is 0 Å². The number of carbonyl (C=O) groups excluding carboxylic acids is 2. The summed E-state index contributed by atoms with van der Waals surface area (Å²) in [7, 11) is 1.51. The molecule has 1 aromatic rings. The molecule has 6 nitrogen and oxygen atoms in total. The molecule has 0 aliphatic rings. The van der Waals surface area contributed by atoms with Crippen LogP contribution in [0, 0.1) is 5.92 Å². The lowest BCUT2D eigenvalue weighted by Gasteiger charge is -2.19. The highest BCUT2D eigenvalue weighted by atomic mass is 16.4. The molecule has 0 radical (unpaired) electrons. The van der Waals surface area contributed by atoms with Gasteiger partial charge in [-0.1, -0.05) is 25.1 Å². The number of hydrogen-bond donors (Lipinski definition) is 2. The second-order valence-electron chi connectivity index (χ2n) is 4.56. The van der Waals surface area contributed by atoms with E-state index in [4.69, 9.17) is 5.11 Å². The van der Waals surface area contributed by atoms with E-state index in [0.717, 1.165) is 0 Å². The Morgan fingerprint density at radius 2 is 1.85 bits per heavy atom. The molecule has 0 fully saturated rings. The molecule has 20 heavy (non-hydrogen) atoms. The van der Waals surface area contributed by atoms with Gasteiger partial charge in [-0.05, 0) is 12.1 Å². The summed E-state index contributed by atoms with van der Waals surface area (Å²) in [4.78, 5) is 35.5. The SMILES string of the molecule is CC(CN(C)C(=O)CNC(=O)c1ccccc1)C(=O)O. The fourth-order valence-corrected chi connectivity index (χ4v) is 1.57. The minimum absolute atomic E-state index is 0.107. The van der Waals surface area contributed by atoms with Crippen LogP contribution in [0.25, 0.3) is 0 Å². The molecule has 0 bridgehead atoms. The molecule has 6 heteroatoms. The lowest BCUT2D eigenvalue weighted by atomic mass is 10.2. The van der Waals surface area contributed by atoms with Gasteiger partial charge in [-0.15, -0.1) is 0 Å². The zero-order valence-corrected chi connectivity index (χ0v) is 11.5. The number of nitrogens with zero attached hydrogens (tertiary/aromatic N) is 1. The maximum Gasteiger partial charge on any atom is 0.308 e. The minimum Gasteiger partial charge on any atom is -0.481 e. The first-order valence-electron chi connectivity index (χ1n) is 6.22. The number of aliphatic carboxylic acids is 1. The molecule has 1 rings (SSSR count). The molecule has 0 aromatic heterocycles. The molecule has 0 aliphatic carbocycles. The summed E-state index contributed by atoms with van der Waals surface area (Å²) in [6.07, 6.45) is 0. The van der Waals surface area contributed by atoms with E-state index in [2.05, 4.69) is 5.32 Å². The number of carboxylic acid groups (broad SMARTS) is 1. The number of nitrogens with one attached hydrogen (secondary N) is 1. The topological polar surface area (TPSA) is 86.7 Å². The van der Waals surface area contributed by atoms with Gasteiger partial charge in [0.25, 0.3) is 5.91 Å². The van der Waals surface area contributed by atoms with E-state index in [1.807, 2.05) is 0 Å². The van der Waals surface area contributed by atoms with Gasteiger partial charge in [0.15, 0.2) is 0 Å². The average Bonchev–Trinajstić information content (AvgIpc) is 2.44. The smallest absolute Gasteiger partial charge is 0.308 e. The molecule has 0 aliphatic heterocycles. The highest BCUT2D eigenvalue weighted by Crippen LogP contribution is 2.00. The van der Waals surface area contributed by atoms with Crippen LogP contribution in [0.3, 0.4) is 0 Å². The highest BCUT2D eigenvalue weighted by molar-refractivity contribution is 5.96. The van der Waals surface area contributed by atoms with Crippen molar-refractivity contribution in [2.24, 2.45) is 5.92 Å². The fourth-order valence-electron chi connectivity index (χ4n) is 1.57. The van der Waals surface area contributed by atoms with E-state index in [0.29, 0.717) is 5.56 Å². The van der Waals surface area contributed by atoms with Crippen molar-refractivity contribution in [3.05, 3.63) is 35.9 Å². The Bertz CT molecular complexity index is 487. The number of carbonyl (C=O) groups is 3. The Morgan fingerprint density at radius 1 is 1.25 bits per heavy atom. The summed E-state index contributed by atoms with van der Waals surface area (Å²) < 4.78 is 0. The lowest BCUT2D eigenvalue weighted by Crippen LogP contribution is -2.40. The van der Waals surface area contributed by atoms with Crippen LogP contribution in [-0.4, -0.2) is 47.9 Å². The van der Waals surface area contributed by atoms with Crippen molar-refractivity contribution in [1.29, 1.82) is 0 Å². The van der Waals surface area contributed by atoms with Crippen LogP contribution >= 0.6 is 0 Å². The van der Waals surface area contributed by atoms with Crippen LogP contribution in [0.15, 0.2) is 30.3 Å². The molecule has 2 amide bonds. The average molecular weight is 278 g/mol. The number of benzene rings is 1. The molecule has 0 spiro atoms. The van der Waals surface area contributed by atoms with Gasteiger partial charge < -0.3 is 15.3 Å². The van der Waals surface area contributed by atoms with E-state index >= 15 is 0 Å². The van der Waals surface area contributed by atoms with Crippen LogP contribution in [0.4, 0.5) is 0 Å². The normalized spacial score (nSPS) is 11.5. The molecule has 0 saturated carbocycles. The molecular weight excluding hydrogens is 260 g/mol. The van der Waals surface area contributed by atoms with E-state index in [1.54, 1.807) is 30.3 Å². The zero-order chi connectivity index (χ0) is 15.1. The number of hydrogen-bond acceptors (Lipinski definition) is 3. The maximum absolute atomic E-state index is 11.8. The largest absolute Gasteiger partial charge is 0.481 e. The number of amides is 2. The van der Waals surface area contributed by atoms with Gasteiger partial charge in [-0.25, -0.2) is 0 Å². The standard InChI is InChI=1S/C14H18N2O4/c1-10(14(19)20)9-16(2)12(17)8-15-13(18)11-6-4-3-5-7-11/h3-7,10H,8-9H2,1-2H3,(H,15,18)(H,19,20). The Kier molecular flexibility index (Phi) is 5.71. The summed E-state index contributed by atoms with van der Waals surface area (Å²) in [6.45, 7) is 1.47. The minimum atomic E-state index is -0.960. The molecule has 108 valence electrons. The number of rotatable bonds is 6. The van der Waals surface area contributed by atoms with Gasteiger partial charge >= 0.3 is 5.97 Å². The molecule has 1 atom stereocenters. The van der Waals surface area contributed by atoms with Crippen molar-refractivity contribution in [2.45, 2.75) is 6.92 Å². The van der Waals surface area contributed by atoms with Crippen LogP contribution < -0.4 is 5.32 Å². The Labute approximate surface area is 117 Å².